The molecule has 190 valence electrons. The second-order valence-electron chi connectivity index (χ2n) is 9.96. The van der Waals surface area contributed by atoms with Crippen LogP contribution in [-0.2, 0) is 25.7 Å². The maximum atomic E-state index is 13.1. The van der Waals surface area contributed by atoms with Gasteiger partial charge in [-0.1, -0.05) is 71.9 Å². The molecule has 0 bridgehead atoms. The number of carbonyl (C=O) groups is 4. The highest BCUT2D eigenvalue weighted by Crippen LogP contribution is 2.11. The zero-order chi connectivity index (χ0) is 25.7. The number of rotatable bonds is 14. The van der Waals surface area contributed by atoms with Gasteiger partial charge in [0, 0.05) is 0 Å². The number of alkyl carbamates (subject to hydrolysis) is 1. The van der Waals surface area contributed by atoms with Crippen molar-refractivity contribution in [2.75, 3.05) is 0 Å². The van der Waals surface area contributed by atoms with Gasteiger partial charge >= 0.3 is 6.09 Å². The molecule has 0 aliphatic carbocycles. The first kappa shape index (κ1) is 29.1. The Morgan fingerprint density at radius 2 is 1.26 bits per heavy atom. The van der Waals surface area contributed by atoms with Gasteiger partial charge in [0.2, 0.25) is 11.8 Å². The smallest absolute Gasteiger partial charge is 0.408 e. The number of carbonyl (C=O) groups excluding carboxylic acids is 4. The van der Waals surface area contributed by atoms with Crippen molar-refractivity contribution in [1.82, 2.24) is 16.0 Å². The number of ether oxygens (including phenoxy) is 1. The minimum atomic E-state index is -0.858. The van der Waals surface area contributed by atoms with Crippen LogP contribution in [0.25, 0.3) is 0 Å². The first-order valence-electron chi connectivity index (χ1n) is 12.0. The Labute approximate surface area is 203 Å². The maximum Gasteiger partial charge on any atom is 0.408 e. The molecule has 3 atom stereocenters. The summed E-state index contributed by atoms with van der Waals surface area (Å²) in [6.45, 7) is 11.8. The molecule has 0 aliphatic heterocycles. The lowest BCUT2D eigenvalue weighted by molar-refractivity contribution is -0.131. The minimum Gasteiger partial charge on any atom is -0.445 e. The van der Waals surface area contributed by atoms with Crippen LogP contribution in [0.4, 0.5) is 4.79 Å². The molecule has 1 aromatic rings. The van der Waals surface area contributed by atoms with Crippen molar-refractivity contribution in [3.63, 3.8) is 0 Å². The van der Waals surface area contributed by atoms with Crippen LogP contribution >= 0.6 is 0 Å². The van der Waals surface area contributed by atoms with Gasteiger partial charge in [-0.2, -0.15) is 0 Å². The number of hydrogen-bond donors (Lipinski definition) is 3. The fourth-order valence-electron chi connectivity index (χ4n) is 3.52. The van der Waals surface area contributed by atoms with Gasteiger partial charge in [-0.15, -0.1) is 0 Å². The van der Waals surface area contributed by atoms with E-state index in [1.807, 2.05) is 71.9 Å². The van der Waals surface area contributed by atoms with E-state index in [9.17, 15) is 19.2 Å². The van der Waals surface area contributed by atoms with Gasteiger partial charge in [0.25, 0.3) is 0 Å². The van der Waals surface area contributed by atoms with Crippen molar-refractivity contribution in [3.8, 4) is 0 Å². The van der Waals surface area contributed by atoms with Crippen LogP contribution in [0, 0.1) is 17.8 Å². The third-order valence-corrected chi connectivity index (χ3v) is 5.09. The number of aldehydes is 1. The molecule has 1 aromatic carbocycles. The third-order valence-electron chi connectivity index (χ3n) is 5.09. The van der Waals surface area contributed by atoms with Gasteiger partial charge in [0.15, 0.2) is 0 Å². The summed E-state index contributed by atoms with van der Waals surface area (Å²) in [5, 5.41) is 8.15. The van der Waals surface area contributed by atoms with Gasteiger partial charge in [0.1, 0.15) is 25.0 Å². The highest BCUT2D eigenvalue weighted by Gasteiger charge is 2.29. The van der Waals surface area contributed by atoms with Crippen molar-refractivity contribution >= 4 is 24.2 Å². The zero-order valence-corrected chi connectivity index (χ0v) is 21.3. The number of nitrogens with one attached hydrogen (secondary N) is 3. The summed E-state index contributed by atoms with van der Waals surface area (Å²) in [4.78, 5) is 49.7. The summed E-state index contributed by atoms with van der Waals surface area (Å²) in [6, 6.07) is 6.96. The molecule has 0 aliphatic rings. The summed E-state index contributed by atoms with van der Waals surface area (Å²) >= 11 is 0. The molecule has 0 heterocycles. The van der Waals surface area contributed by atoms with Crippen molar-refractivity contribution in [3.05, 3.63) is 35.9 Å². The monoisotopic (exact) mass is 475 g/mol. The summed E-state index contributed by atoms with van der Waals surface area (Å²) < 4.78 is 5.26. The highest BCUT2D eigenvalue weighted by molar-refractivity contribution is 5.92. The molecule has 1 rings (SSSR count). The number of amides is 3. The SMILES string of the molecule is CC(C)C[C@H](C=O)NC(=O)[C@@H](CC(C)C)NC(=O)[C@@H](CC(C)C)NC(=O)OCc1ccccc1. The largest absolute Gasteiger partial charge is 0.445 e. The summed E-state index contributed by atoms with van der Waals surface area (Å²) in [7, 11) is 0. The van der Waals surface area contributed by atoms with Crippen LogP contribution in [0.2, 0.25) is 0 Å². The molecular formula is C26H41N3O5. The van der Waals surface area contributed by atoms with Crippen LogP contribution in [-0.4, -0.2) is 42.3 Å². The normalized spacial score (nSPS) is 13.8. The third kappa shape index (κ3) is 11.8. The maximum absolute atomic E-state index is 13.1. The van der Waals surface area contributed by atoms with Gasteiger partial charge in [-0.05, 0) is 42.6 Å². The lowest BCUT2D eigenvalue weighted by atomic mass is 9.99. The first-order valence-corrected chi connectivity index (χ1v) is 12.0. The quantitative estimate of drug-likeness (QED) is 0.356. The topological polar surface area (TPSA) is 114 Å². The van der Waals surface area contributed by atoms with E-state index in [1.54, 1.807) is 0 Å². The van der Waals surface area contributed by atoms with Crippen LogP contribution < -0.4 is 16.0 Å². The van der Waals surface area contributed by atoms with Gasteiger partial charge in [-0.25, -0.2) is 4.79 Å². The van der Waals surface area contributed by atoms with Crippen molar-refractivity contribution in [2.24, 2.45) is 17.8 Å². The van der Waals surface area contributed by atoms with Crippen LogP contribution in [0.3, 0.4) is 0 Å². The molecule has 34 heavy (non-hydrogen) atoms. The first-order chi connectivity index (χ1) is 16.0. The molecule has 0 spiro atoms. The highest BCUT2D eigenvalue weighted by atomic mass is 16.5. The Balaban J connectivity index is 2.84. The van der Waals surface area contributed by atoms with E-state index in [2.05, 4.69) is 16.0 Å². The predicted molar refractivity (Wildman–Crippen MR) is 132 cm³/mol. The number of benzene rings is 1. The Morgan fingerprint density at radius 1 is 0.765 bits per heavy atom. The van der Waals surface area contributed by atoms with E-state index in [1.165, 1.54) is 0 Å². The lowest BCUT2D eigenvalue weighted by Gasteiger charge is -2.26. The molecular weight excluding hydrogens is 434 g/mol. The average Bonchev–Trinajstić information content (AvgIpc) is 2.76. The van der Waals surface area contributed by atoms with Gasteiger partial charge in [0.05, 0.1) is 6.04 Å². The van der Waals surface area contributed by atoms with E-state index in [0.717, 1.165) is 11.8 Å². The lowest BCUT2D eigenvalue weighted by Crippen LogP contribution is -2.55. The fourth-order valence-corrected chi connectivity index (χ4v) is 3.52. The zero-order valence-electron chi connectivity index (χ0n) is 21.3. The molecule has 0 radical (unpaired) electrons. The predicted octanol–water partition coefficient (Wildman–Crippen LogP) is 3.59. The van der Waals surface area contributed by atoms with E-state index >= 15 is 0 Å². The summed E-state index contributed by atoms with van der Waals surface area (Å²) in [5.41, 5.74) is 0.835. The van der Waals surface area contributed by atoms with Crippen molar-refractivity contribution in [1.29, 1.82) is 0 Å². The van der Waals surface area contributed by atoms with E-state index in [4.69, 9.17) is 4.74 Å². The Hall–Kier alpha value is -2.90. The molecule has 0 aromatic heterocycles. The Kier molecular flexibility index (Phi) is 12.9. The van der Waals surface area contributed by atoms with Crippen LogP contribution in [0.5, 0.6) is 0 Å². The van der Waals surface area contributed by atoms with Gasteiger partial charge < -0.3 is 25.5 Å². The van der Waals surface area contributed by atoms with Crippen molar-refractivity contribution in [2.45, 2.75) is 85.5 Å². The number of hydrogen-bond acceptors (Lipinski definition) is 5. The molecule has 8 nitrogen and oxygen atoms in total. The summed E-state index contributed by atoms with van der Waals surface area (Å²) in [6.07, 6.45) is 1.32. The van der Waals surface area contributed by atoms with E-state index in [0.29, 0.717) is 19.3 Å². The van der Waals surface area contributed by atoms with Gasteiger partial charge in [-0.3, -0.25) is 9.59 Å². The molecule has 0 saturated heterocycles. The molecule has 3 amide bonds. The van der Waals surface area contributed by atoms with Crippen LogP contribution in [0.1, 0.15) is 66.4 Å². The molecule has 0 unspecified atom stereocenters. The minimum absolute atomic E-state index is 0.0873. The average molecular weight is 476 g/mol. The van der Waals surface area contributed by atoms with Crippen molar-refractivity contribution < 1.29 is 23.9 Å². The second-order valence-corrected chi connectivity index (χ2v) is 9.96. The van der Waals surface area contributed by atoms with E-state index < -0.39 is 36.0 Å². The Bertz CT molecular complexity index is 780. The van der Waals surface area contributed by atoms with Crippen LogP contribution in [0.15, 0.2) is 30.3 Å². The standard InChI is InChI=1S/C26H41N3O5/c1-17(2)12-21(15-30)27-24(31)22(13-18(3)4)28-25(32)23(14-19(5)6)29-26(33)34-16-20-10-8-7-9-11-20/h7-11,15,17-19,21-23H,12-14,16H2,1-6H3,(H,27,31)(H,28,32)(H,29,33)/t21-,22-,23-/m1/s1. The molecule has 3 N–H and O–H groups in total. The molecule has 8 heteroatoms. The van der Waals surface area contributed by atoms with E-state index in [-0.39, 0.29) is 24.4 Å². The summed E-state index contributed by atoms with van der Waals surface area (Å²) in [5.74, 6) is -0.390. The Morgan fingerprint density at radius 3 is 1.76 bits per heavy atom. The second kappa shape index (κ2) is 15.1. The molecule has 0 fully saturated rings. The molecule has 0 saturated carbocycles. The fraction of sp³-hybridized carbons (Fsp3) is 0.615.